The predicted octanol–water partition coefficient (Wildman–Crippen LogP) is 3.79. The summed E-state index contributed by atoms with van der Waals surface area (Å²) in [7, 11) is 0. The number of likely N-dealkylation sites (tertiary alicyclic amines) is 1. The molecule has 1 spiro atoms. The number of hydrogen-bond acceptors (Lipinski definition) is 5. The number of benzene rings is 2. The lowest BCUT2D eigenvalue weighted by Gasteiger charge is -2.38. The second kappa shape index (κ2) is 11.9. The zero-order valence-corrected chi connectivity index (χ0v) is 24.7. The van der Waals surface area contributed by atoms with Gasteiger partial charge in [0.1, 0.15) is 11.6 Å². The highest BCUT2D eigenvalue weighted by Crippen LogP contribution is 2.59. The Morgan fingerprint density at radius 1 is 1.12 bits per heavy atom. The summed E-state index contributed by atoms with van der Waals surface area (Å²) in [6.45, 7) is 14.0. The van der Waals surface area contributed by atoms with E-state index in [1.54, 1.807) is 28.9 Å². The molecule has 0 saturated carbocycles. The molecule has 3 heterocycles. The standard InChI is InChI=1S/C34H41N3O5/c1-6-17-35(20-25-11-9-8-10-12-25)31(39)28-27-15-16-34(42-27)29(28)32(40)37(24(5)21-38)30(34)33(41)36(18-7-2)26-19-22(3)13-14-23(26)4/h6-14,19,24,27-30,38H,1-2,15-18,20-21H2,3-5H3/t24-,27-,28+,29+,30?,34?/m1/s1. The third-order valence-electron chi connectivity index (χ3n) is 9.11. The van der Waals surface area contributed by atoms with Gasteiger partial charge in [-0.25, -0.2) is 0 Å². The number of rotatable bonds is 11. The minimum absolute atomic E-state index is 0.175. The van der Waals surface area contributed by atoms with Crippen molar-refractivity contribution in [1.82, 2.24) is 9.80 Å². The molecule has 2 aromatic carbocycles. The zero-order chi connectivity index (χ0) is 30.2. The Kier molecular flexibility index (Phi) is 8.39. The number of amides is 3. The highest BCUT2D eigenvalue weighted by molar-refractivity contribution is 6.05. The topological polar surface area (TPSA) is 90.4 Å². The smallest absolute Gasteiger partial charge is 0.253 e. The Morgan fingerprint density at radius 2 is 1.83 bits per heavy atom. The molecule has 3 aliphatic heterocycles. The Morgan fingerprint density at radius 3 is 2.50 bits per heavy atom. The van der Waals surface area contributed by atoms with Crippen LogP contribution in [0.4, 0.5) is 5.69 Å². The Hall–Kier alpha value is -3.75. The van der Waals surface area contributed by atoms with Gasteiger partial charge in [0.2, 0.25) is 11.8 Å². The lowest BCUT2D eigenvalue weighted by atomic mass is 9.70. The van der Waals surface area contributed by atoms with Gasteiger partial charge < -0.3 is 24.5 Å². The van der Waals surface area contributed by atoms with Crippen molar-refractivity contribution >= 4 is 23.4 Å². The first kappa shape index (κ1) is 29.7. The van der Waals surface area contributed by atoms with Crippen molar-refractivity contribution in [2.75, 3.05) is 24.6 Å². The minimum atomic E-state index is -1.16. The fourth-order valence-electron chi connectivity index (χ4n) is 7.21. The number of nitrogens with zero attached hydrogens (tertiary/aromatic N) is 3. The van der Waals surface area contributed by atoms with Gasteiger partial charge in [0.25, 0.3) is 5.91 Å². The number of ether oxygens (including phenoxy) is 1. The van der Waals surface area contributed by atoms with E-state index in [9.17, 15) is 19.5 Å². The first-order valence-electron chi connectivity index (χ1n) is 14.7. The molecule has 0 aliphatic carbocycles. The van der Waals surface area contributed by atoms with Crippen LogP contribution in [-0.4, -0.2) is 76.1 Å². The summed E-state index contributed by atoms with van der Waals surface area (Å²) in [4.78, 5) is 48.1. The summed E-state index contributed by atoms with van der Waals surface area (Å²) in [5.74, 6) is -2.33. The second-order valence-electron chi connectivity index (χ2n) is 11.9. The monoisotopic (exact) mass is 571 g/mol. The molecule has 2 bridgehead atoms. The lowest BCUT2D eigenvalue weighted by molar-refractivity contribution is -0.147. The van der Waals surface area contributed by atoms with Crippen LogP contribution in [0.15, 0.2) is 73.8 Å². The molecule has 5 rings (SSSR count). The molecule has 2 unspecified atom stereocenters. The summed E-state index contributed by atoms with van der Waals surface area (Å²) in [5, 5.41) is 10.2. The summed E-state index contributed by atoms with van der Waals surface area (Å²) < 4.78 is 6.65. The van der Waals surface area contributed by atoms with E-state index in [4.69, 9.17) is 4.74 Å². The van der Waals surface area contributed by atoms with Crippen molar-refractivity contribution in [3.8, 4) is 0 Å². The molecule has 42 heavy (non-hydrogen) atoms. The number of carbonyl (C=O) groups is 3. The van der Waals surface area contributed by atoms with E-state index < -0.39 is 35.6 Å². The molecule has 3 saturated heterocycles. The van der Waals surface area contributed by atoms with E-state index in [0.29, 0.717) is 25.9 Å². The van der Waals surface area contributed by atoms with Crippen molar-refractivity contribution < 1.29 is 24.2 Å². The normalized spacial score (nSPS) is 26.6. The van der Waals surface area contributed by atoms with Crippen LogP contribution in [0.1, 0.15) is 36.5 Å². The van der Waals surface area contributed by atoms with Gasteiger partial charge in [0.05, 0.1) is 30.6 Å². The molecular formula is C34H41N3O5. The second-order valence-corrected chi connectivity index (χ2v) is 11.9. The van der Waals surface area contributed by atoms with E-state index >= 15 is 0 Å². The maximum absolute atomic E-state index is 14.7. The van der Waals surface area contributed by atoms with E-state index in [0.717, 1.165) is 22.4 Å². The molecule has 8 heteroatoms. The van der Waals surface area contributed by atoms with Gasteiger partial charge in [-0.1, -0.05) is 54.6 Å². The number of carbonyl (C=O) groups excluding carboxylic acids is 3. The van der Waals surface area contributed by atoms with Gasteiger partial charge in [0, 0.05) is 25.3 Å². The summed E-state index contributed by atoms with van der Waals surface area (Å²) in [6.07, 6.45) is 3.94. The van der Waals surface area contributed by atoms with Crippen molar-refractivity contribution in [2.45, 2.75) is 63.9 Å². The third-order valence-corrected chi connectivity index (χ3v) is 9.11. The molecule has 0 radical (unpaired) electrons. The van der Waals surface area contributed by atoms with Gasteiger partial charge in [-0.2, -0.15) is 0 Å². The van der Waals surface area contributed by atoms with Gasteiger partial charge >= 0.3 is 0 Å². The summed E-state index contributed by atoms with van der Waals surface area (Å²) in [6, 6.07) is 14.0. The van der Waals surface area contributed by atoms with Crippen molar-refractivity contribution in [2.24, 2.45) is 11.8 Å². The molecular weight excluding hydrogens is 530 g/mol. The van der Waals surface area contributed by atoms with E-state index in [1.165, 1.54) is 4.90 Å². The number of aliphatic hydroxyl groups excluding tert-OH is 1. The number of aliphatic hydroxyl groups is 1. The average Bonchev–Trinajstić information content (AvgIpc) is 3.64. The maximum Gasteiger partial charge on any atom is 0.253 e. The third kappa shape index (κ3) is 4.86. The first-order chi connectivity index (χ1) is 20.2. The molecule has 3 fully saturated rings. The van der Waals surface area contributed by atoms with Crippen LogP contribution in [0, 0.1) is 25.7 Å². The number of anilines is 1. The summed E-state index contributed by atoms with van der Waals surface area (Å²) in [5.41, 5.74) is 2.47. The van der Waals surface area contributed by atoms with Gasteiger partial charge in [-0.15, -0.1) is 13.2 Å². The zero-order valence-electron chi connectivity index (χ0n) is 24.7. The van der Waals surface area contributed by atoms with Crippen LogP contribution in [0.25, 0.3) is 0 Å². The molecule has 222 valence electrons. The summed E-state index contributed by atoms with van der Waals surface area (Å²) >= 11 is 0. The molecule has 1 N–H and O–H groups in total. The number of aryl methyl sites for hydroxylation is 2. The van der Waals surface area contributed by atoms with Crippen LogP contribution in [0.3, 0.4) is 0 Å². The van der Waals surface area contributed by atoms with E-state index in [-0.39, 0.29) is 30.9 Å². The SMILES string of the molecule is C=CCN(Cc1ccccc1)C(=O)[C@@H]1[C@H]2C(=O)N([C@H](C)CO)C(C(=O)N(CC=C)c3cc(C)ccc3C)C23CC[C@H]1O3. The lowest BCUT2D eigenvalue weighted by Crippen LogP contribution is -2.58. The Labute approximate surface area is 248 Å². The maximum atomic E-state index is 14.7. The predicted molar refractivity (Wildman–Crippen MR) is 162 cm³/mol. The van der Waals surface area contributed by atoms with Crippen molar-refractivity contribution in [1.29, 1.82) is 0 Å². The van der Waals surface area contributed by atoms with Gasteiger partial charge in [-0.3, -0.25) is 14.4 Å². The molecule has 3 amide bonds. The fourth-order valence-corrected chi connectivity index (χ4v) is 7.21. The van der Waals surface area contributed by atoms with Crippen molar-refractivity contribution in [3.05, 3.63) is 90.5 Å². The Bertz CT molecular complexity index is 1380. The highest BCUT2D eigenvalue weighted by atomic mass is 16.5. The molecule has 2 aromatic rings. The van der Waals surface area contributed by atoms with Gasteiger partial charge in [-0.05, 0) is 56.4 Å². The first-order valence-corrected chi connectivity index (χ1v) is 14.7. The van der Waals surface area contributed by atoms with Crippen LogP contribution < -0.4 is 4.90 Å². The van der Waals surface area contributed by atoms with Crippen molar-refractivity contribution in [3.63, 3.8) is 0 Å². The molecule has 0 aromatic heterocycles. The number of hydrogen-bond donors (Lipinski definition) is 1. The molecule has 8 nitrogen and oxygen atoms in total. The molecule has 6 atom stereocenters. The van der Waals surface area contributed by atoms with Crippen LogP contribution in [-0.2, 0) is 25.7 Å². The minimum Gasteiger partial charge on any atom is -0.394 e. The molecule has 3 aliphatic rings. The van der Waals surface area contributed by atoms with E-state index in [1.807, 2.05) is 62.4 Å². The quantitative estimate of drug-likeness (QED) is 0.415. The highest BCUT2D eigenvalue weighted by Gasteiger charge is 2.75. The number of fused-ring (bicyclic) bond motifs is 1. The van der Waals surface area contributed by atoms with E-state index in [2.05, 4.69) is 13.2 Å². The van der Waals surface area contributed by atoms with Crippen LogP contribution >= 0.6 is 0 Å². The van der Waals surface area contributed by atoms with Crippen LogP contribution in [0.5, 0.6) is 0 Å². The Balaban J connectivity index is 1.55. The average molecular weight is 572 g/mol. The largest absolute Gasteiger partial charge is 0.394 e. The fraction of sp³-hybridized carbons (Fsp3) is 0.441. The van der Waals surface area contributed by atoms with Gasteiger partial charge in [0.15, 0.2) is 0 Å². The van der Waals surface area contributed by atoms with Crippen LogP contribution in [0.2, 0.25) is 0 Å².